The number of carbonyl (C=O) groups is 1. The van der Waals surface area contributed by atoms with Gasteiger partial charge in [-0.05, 0) is 31.5 Å². The monoisotopic (exact) mass is 390 g/mol. The zero-order valence-electron chi connectivity index (χ0n) is 15.3. The van der Waals surface area contributed by atoms with Gasteiger partial charge in [0.2, 0.25) is 5.95 Å². The fourth-order valence-electron chi connectivity index (χ4n) is 2.95. The minimum atomic E-state index is -2.99. The summed E-state index contributed by atoms with van der Waals surface area (Å²) in [4.78, 5) is 22.6. The Morgan fingerprint density at radius 2 is 2.11 bits per heavy atom. The summed E-state index contributed by atoms with van der Waals surface area (Å²) in [5, 5.41) is 3.12. The van der Waals surface area contributed by atoms with Crippen LogP contribution in [0.2, 0.25) is 0 Å². The van der Waals surface area contributed by atoms with Crippen LogP contribution in [0.1, 0.15) is 23.7 Å². The summed E-state index contributed by atoms with van der Waals surface area (Å²) in [6.45, 7) is 2.05. The third-order valence-corrected chi connectivity index (χ3v) is 6.15. The van der Waals surface area contributed by atoms with Crippen molar-refractivity contribution < 1.29 is 17.9 Å². The third-order valence-electron chi connectivity index (χ3n) is 4.40. The van der Waals surface area contributed by atoms with Gasteiger partial charge < -0.3 is 15.0 Å². The van der Waals surface area contributed by atoms with Gasteiger partial charge in [0.1, 0.15) is 5.82 Å². The Balaban J connectivity index is 1.80. The molecule has 1 aliphatic rings. The molecule has 1 aromatic carbocycles. The van der Waals surface area contributed by atoms with E-state index in [-0.39, 0.29) is 17.5 Å². The van der Waals surface area contributed by atoms with Crippen LogP contribution in [0.5, 0.6) is 0 Å². The molecule has 2 heterocycles. The largest absolute Gasteiger partial charge is 0.462 e. The molecule has 8 nitrogen and oxygen atoms in total. The smallest absolute Gasteiger partial charge is 0.340 e. The van der Waals surface area contributed by atoms with Crippen LogP contribution in [0.4, 0.5) is 17.5 Å². The molecule has 0 radical (unpaired) electrons. The van der Waals surface area contributed by atoms with E-state index in [0.717, 1.165) is 0 Å². The number of rotatable bonds is 6. The van der Waals surface area contributed by atoms with Crippen LogP contribution in [-0.2, 0) is 14.6 Å². The minimum absolute atomic E-state index is 0.107. The number of hydrogen-bond donors (Lipinski definition) is 1. The molecule has 9 heteroatoms. The molecule has 1 fully saturated rings. The molecule has 1 saturated heterocycles. The van der Waals surface area contributed by atoms with Crippen molar-refractivity contribution in [2.24, 2.45) is 0 Å². The first-order valence-corrected chi connectivity index (χ1v) is 10.5. The first-order valence-electron chi connectivity index (χ1n) is 8.69. The Hall–Kier alpha value is -2.68. The summed E-state index contributed by atoms with van der Waals surface area (Å²) >= 11 is 0. The third kappa shape index (κ3) is 4.54. The molecular formula is C18H22N4O4S. The molecule has 0 bridgehead atoms. The molecule has 0 amide bonds. The van der Waals surface area contributed by atoms with E-state index >= 15 is 0 Å². The summed E-state index contributed by atoms with van der Waals surface area (Å²) in [7, 11) is -1.20. The van der Waals surface area contributed by atoms with Crippen LogP contribution in [0, 0.1) is 0 Å². The van der Waals surface area contributed by atoms with Crippen molar-refractivity contribution in [2.45, 2.75) is 19.4 Å². The van der Waals surface area contributed by atoms with Crippen molar-refractivity contribution in [3.63, 3.8) is 0 Å². The maximum absolute atomic E-state index is 12.1. The standard InChI is InChI=1S/C18H22N4O4S/c1-3-26-17(23)14-6-4-5-7-15(14)20-16-8-10-19-18(21-16)22(2)13-9-11-27(24,25)12-13/h4-8,10,13H,3,9,11-12H2,1-2H3,(H,19,20,21). The summed E-state index contributed by atoms with van der Waals surface area (Å²) in [5.41, 5.74) is 0.987. The van der Waals surface area contributed by atoms with Gasteiger partial charge in [0, 0.05) is 19.3 Å². The van der Waals surface area contributed by atoms with E-state index < -0.39 is 15.8 Å². The summed E-state index contributed by atoms with van der Waals surface area (Å²) in [5.74, 6) is 0.812. The van der Waals surface area contributed by atoms with Crippen LogP contribution in [0.15, 0.2) is 36.5 Å². The quantitative estimate of drug-likeness (QED) is 0.748. The maximum atomic E-state index is 12.1. The number of benzene rings is 1. The van der Waals surface area contributed by atoms with Crippen LogP contribution in [-0.4, -0.2) is 55.6 Å². The van der Waals surface area contributed by atoms with Crippen LogP contribution < -0.4 is 10.2 Å². The van der Waals surface area contributed by atoms with Gasteiger partial charge in [-0.25, -0.2) is 18.2 Å². The fourth-order valence-corrected chi connectivity index (χ4v) is 4.72. The highest BCUT2D eigenvalue weighted by molar-refractivity contribution is 7.91. The molecule has 144 valence electrons. The number of para-hydroxylation sites is 1. The van der Waals surface area contributed by atoms with Gasteiger partial charge in [0.15, 0.2) is 9.84 Å². The molecule has 1 N–H and O–H groups in total. The van der Waals surface area contributed by atoms with E-state index in [0.29, 0.717) is 36.0 Å². The van der Waals surface area contributed by atoms with E-state index in [1.165, 1.54) is 0 Å². The van der Waals surface area contributed by atoms with Gasteiger partial charge in [0.25, 0.3) is 0 Å². The summed E-state index contributed by atoms with van der Waals surface area (Å²) < 4.78 is 28.5. The second-order valence-corrected chi connectivity index (χ2v) is 8.53. The number of sulfone groups is 1. The maximum Gasteiger partial charge on any atom is 0.340 e. The second-order valence-electron chi connectivity index (χ2n) is 6.30. The molecule has 1 aromatic heterocycles. The highest BCUT2D eigenvalue weighted by atomic mass is 32.2. The average Bonchev–Trinajstić information content (AvgIpc) is 3.02. The second kappa shape index (κ2) is 7.91. The number of anilines is 3. The molecule has 1 unspecified atom stereocenters. The number of carbonyl (C=O) groups excluding carboxylic acids is 1. The first kappa shape index (κ1) is 19.1. The topological polar surface area (TPSA) is 101 Å². The Kier molecular flexibility index (Phi) is 5.59. The van der Waals surface area contributed by atoms with E-state index in [2.05, 4.69) is 15.3 Å². The molecule has 2 aromatic rings. The van der Waals surface area contributed by atoms with Gasteiger partial charge >= 0.3 is 5.97 Å². The summed E-state index contributed by atoms with van der Waals surface area (Å²) in [6.07, 6.45) is 2.16. The van der Waals surface area contributed by atoms with Crippen LogP contribution in [0.25, 0.3) is 0 Å². The Bertz CT molecular complexity index is 932. The molecule has 27 heavy (non-hydrogen) atoms. The minimum Gasteiger partial charge on any atom is -0.462 e. The number of esters is 1. The Morgan fingerprint density at radius 1 is 1.33 bits per heavy atom. The van der Waals surface area contributed by atoms with Gasteiger partial charge in [-0.15, -0.1) is 0 Å². The lowest BCUT2D eigenvalue weighted by Crippen LogP contribution is -2.33. The molecule has 0 spiro atoms. The lowest BCUT2D eigenvalue weighted by Gasteiger charge is -2.23. The highest BCUT2D eigenvalue weighted by Crippen LogP contribution is 2.24. The van der Waals surface area contributed by atoms with Crippen molar-refractivity contribution in [3.8, 4) is 0 Å². The number of nitrogens with one attached hydrogen (secondary N) is 1. The van der Waals surface area contributed by atoms with E-state index in [1.54, 1.807) is 49.3 Å². The molecule has 0 saturated carbocycles. The molecule has 0 aliphatic carbocycles. The van der Waals surface area contributed by atoms with Gasteiger partial charge in [-0.1, -0.05) is 12.1 Å². The zero-order chi connectivity index (χ0) is 19.4. The number of hydrogen-bond acceptors (Lipinski definition) is 8. The predicted octanol–water partition coefficient (Wildman–Crippen LogP) is 2.02. The first-order chi connectivity index (χ1) is 12.9. The number of aromatic nitrogens is 2. The molecule has 3 rings (SSSR count). The molecular weight excluding hydrogens is 368 g/mol. The fraction of sp³-hybridized carbons (Fsp3) is 0.389. The van der Waals surface area contributed by atoms with Crippen molar-refractivity contribution in [1.82, 2.24) is 9.97 Å². The SMILES string of the molecule is CCOC(=O)c1ccccc1Nc1ccnc(N(C)C2CCS(=O)(=O)C2)n1. The zero-order valence-corrected chi connectivity index (χ0v) is 16.1. The molecule has 1 atom stereocenters. The normalized spacial score (nSPS) is 18.1. The molecule has 1 aliphatic heterocycles. The lowest BCUT2D eigenvalue weighted by molar-refractivity contribution is 0.0527. The predicted molar refractivity (Wildman–Crippen MR) is 103 cm³/mol. The van der Waals surface area contributed by atoms with Crippen molar-refractivity contribution in [1.29, 1.82) is 0 Å². The van der Waals surface area contributed by atoms with Gasteiger partial charge in [-0.2, -0.15) is 4.98 Å². The van der Waals surface area contributed by atoms with E-state index in [1.807, 2.05) is 6.07 Å². The van der Waals surface area contributed by atoms with Crippen LogP contribution >= 0.6 is 0 Å². The Morgan fingerprint density at radius 3 is 2.81 bits per heavy atom. The Labute approximate surface area is 158 Å². The lowest BCUT2D eigenvalue weighted by atomic mass is 10.2. The summed E-state index contributed by atoms with van der Waals surface area (Å²) in [6, 6.07) is 8.56. The average molecular weight is 390 g/mol. The number of ether oxygens (including phenoxy) is 1. The number of nitrogens with zero attached hydrogens (tertiary/aromatic N) is 3. The van der Waals surface area contributed by atoms with Crippen molar-refractivity contribution >= 4 is 33.3 Å². The van der Waals surface area contributed by atoms with E-state index in [9.17, 15) is 13.2 Å². The highest BCUT2D eigenvalue weighted by Gasteiger charge is 2.31. The van der Waals surface area contributed by atoms with Crippen molar-refractivity contribution in [3.05, 3.63) is 42.1 Å². The van der Waals surface area contributed by atoms with Crippen LogP contribution in [0.3, 0.4) is 0 Å². The van der Waals surface area contributed by atoms with Gasteiger partial charge in [0.05, 0.1) is 29.4 Å². The van der Waals surface area contributed by atoms with E-state index in [4.69, 9.17) is 4.74 Å². The van der Waals surface area contributed by atoms with Crippen molar-refractivity contribution in [2.75, 3.05) is 35.4 Å². The van der Waals surface area contributed by atoms with Gasteiger partial charge in [-0.3, -0.25) is 0 Å².